The number of hydrogen-bond donors (Lipinski definition) is 0. The molecule has 0 bridgehead atoms. The molecule has 0 saturated carbocycles. The highest BCUT2D eigenvalue weighted by molar-refractivity contribution is 5.71. The van der Waals surface area contributed by atoms with Crippen LogP contribution in [0.5, 0.6) is 0 Å². The van der Waals surface area contributed by atoms with Gasteiger partial charge in [0.25, 0.3) is 0 Å². The molecule has 0 aromatic rings. The third-order valence-corrected chi connectivity index (χ3v) is 13.3. The Bertz CT molecular complexity index is 1260. The summed E-state index contributed by atoms with van der Waals surface area (Å²) in [5.74, 6) is -0.899. The maximum Gasteiger partial charge on any atom is 0.306 e. The minimum absolute atomic E-state index is 0.0825. The van der Waals surface area contributed by atoms with Gasteiger partial charge in [-0.05, 0) is 70.6 Å². The SMILES string of the molecule is CCCCC\C=C/C=C\C=C/C=C\CCCCCCCC(=O)OCC(COC(=O)CCCCCCCCCCCCCCCCCC)OC(=O)CCCCCCC/C=C\CCCCCCCCCCC. The average molecular weight is 980 g/mol. The molecule has 0 N–H and O–H groups in total. The van der Waals surface area contributed by atoms with E-state index in [-0.39, 0.29) is 31.1 Å². The number of hydrogen-bond acceptors (Lipinski definition) is 6. The highest BCUT2D eigenvalue weighted by Crippen LogP contribution is 2.16. The molecule has 1 atom stereocenters. The standard InChI is InChI=1S/C64H114O6/c1-4-7-10-13-16-19-22-25-28-31-33-36-39-42-45-48-51-54-57-63(66)69-60-61(59-68-62(65)56-53-50-47-44-41-38-35-30-27-24-21-18-15-12-9-6-3)70-64(67)58-55-52-49-46-43-40-37-34-32-29-26-23-20-17-14-11-8-5-2/h16,19,22,25,28,31,33-34,36-37,61H,4-15,17-18,20-21,23-24,26-27,29-30,32,35,38-60H2,1-3H3/b19-16-,25-22-,31-28-,36-33-,37-34-. The molecule has 0 radical (unpaired) electrons. The summed E-state index contributed by atoms with van der Waals surface area (Å²) < 4.78 is 16.9. The van der Waals surface area contributed by atoms with Crippen molar-refractivity contribution < 1.29 is 28.6 Å². The molecule has 0 aliphatic carbocycles. The third-order valence-electron chi connectivity index (χ3n) is 13.3. The topological polar surface area (TPSA) is 78.9 Å². The van der Waals surface area contributed by atoms with Gasteiger partial charge in [-0.2, -0.15) is 0 Å². The number of esters is 3. The number of ether oxygens (including phenoxy) is 3. The first-order valence-corrected chi connectivity index (χ1v) is 30.3. The minimum Gasteiger partial charge on any atom is -0.462 e. The van der Waals surface area contributed by atoms with Gasteiger partial charge in [0.15, 0.2) is 6.10 Å². The van der Waals surface area contributed by atoms with Crippen molar-refractivity contribution in [2.75, 3.05) is 13.2 Å². The van der Waals surface area contributed by atoms with Gasteiger partial charge in [-0.25, -0.2) is 0 Å². The summed E-state index contributed by atoms with van der Waals surface area (Å²) in [4.78, 5) is 38.2. The molecule has 0 aromatic carbocycles. The van der Waals surface area contributed by atoms with Gasteiger partial charge in [-0.1, -0.05) is 281 Å². The van der Waals surface area contributed by atoms with Crippen LogP contribution in [0, 0.1) is 0 Å². The van der Waals surface area contributed by atoms with Gasteiger partial charge < -0.3 is 14.2 Å². The minimum atomic E-state index is -0.787. The van der Waals surface area contributed by atoms with Gasteiger partial charge >= 0.3 is 17.9 Å². The fourth-order valence-corrected chi connectivity index (χ4v) is 8.75. The van der Waals surface area contributed by atoms with Crippen molar-refractivity contribution in [3.8, 4) is 0 Å². The van der Waals surface area contributed by atoms with Gasteiger partial charge in [0.05, 0.1) is 0 Å². The summed E-state index contributed by atoms with van der Waals surface area (Å²) in [5.41, 5.74) is 0. The molecule has 6 heteroatoms. The van der Waals surface area contributed by atoms with Gasteiger partial charge in [0, 0.05) is 19.3 Å². The molecule has 0 aliphatic heterocycles. The Balaban J connectivity index is 4.42. The van der Waals surface area contributed by atoms with E-state index in [4.69, 9.17) is 14.2 Å². The summed E-state index contributed by atoms with van der Waals surface area (Å²) >= 11 is 0. The smallest absolute Gasteiger partial charge is 0.306 e. The van der Waals surface area contributed by atoms with Crippen LogP contribution in [0.3, 0.4) is 0 Å². The van der Waals surface area contributed by atoms with Crippen molar-refractivity contribution in [1.82, 2.24) is 0 Å². The number of carbonyl (C=O) groups excluding carboxylic acids is 3. The van der Waals surface area contributed by atoms with Gasteiger partial charge in [0.2, 0.25) is 0 Å². The van der Waals surface area contributed by atoms with E-state index in [0.29, 0.717) is 19.3 Å². The number of allylic oxidation sites excluding steroid dienone is 10. The summed E-state index contributed by atoms with van der Waals surface area (Å²) in [6.45, 7) is 6.62. The zero-order valence-electron chi connectivity index (χ0n) is 46.5. The Morgan fingerprint density at radius 2 is 0.529 bits per heavy atom. The first-order chi connectivity index (χ1) is 34.5. The van der Waals surface area contributed by atoms with Gasteiger partial charge in [-0.15, -0.1) is 0 Å². The lowest BCUT2D eigenvalue weighted by atomic mass is 10.0. The molecule has 0 saturated heterocycles. The lowest BCUT2D eigenvalue weighted by molar-refractivity contribution is -0.167. The highest BCUT2D eigenvalue weighted by Gasteiger charge is 2.19. The normalized spacial score (nSPS) is 12.4. The highest BCUT2D eigenvalue weighted by atomic mass is 16.6. The molecule has 0 aromatic heterocycles. The second-order valence-electron chi connectivity index (χ2n) is 20.4. The molecule has 0 aliphatic rings. The molecule has 1 unspecified atom stereocenters. The van der Waals surface area contributed by atoms with E-state index in [0.717, 1.165) is 96.3 Å². The predicted octanol–water partition coefficient (Wildman–Crippen LogP) is 20.4. The van der Waals surface area contributed by atoms with E-state index in [1.807, 2.05) is 0 Å². The van der Waals surface area contributed by atoms with Crippen LogP contribution in [0.2, 0.25) is 0 Å². The summed E-state index contributed by atoms with van der Waals surface area (Å²) in [6.07, 6.45) is 73.5. The van der Waals surface area contributed by atoms with E-state index in [1.165, 1.54) is 173 Å². The summed E-state index contributed by atoms with van der Waals surface area (Å²) in [7, 11) is 0. The van der Waals surface area contributed by atoms with Gasteiger partial charge in [0.1, 0.15) is 13.2 Å². The van der Waals surface area contributed by atoms with E-state index in [9.17, 15) is 14.4 Å². The third kappa shape index (κ3) is 56.0. The van der Waals surface area contributed by atoms with Gasteiger partial charge in [-0.3, -0.25) is 14.4 Å². The van der Waals surface area contributed by atoms with E-state index in [1.54, 1.807) is 0 Å². The Kier molecular flexibility index (Phi) is 56.3. The van der Waals surface area contributed by atoms with Crippen LogP contribution in [0.4, 0.5) is 0 Å². The van der Waals surface area contributed by atoms with Crippen molar-refractivity contribution in [2.45, 2.75) is 316 Å². The fraction of sp³-hybridized carbons (Fsp3) is 0.797. The first-order valence-electron chi connectivity index (χ1n) is 30.3. The number of unbranched alkanes of at least 4 members (excludes halogenated alkanes) is 37. The largest absolute Gasteiger partial charge is 0.462 e. The van der Waals surface area contributed by atoms with Crippen LogP contribution in [-0.4, -0.2) is 37.2 Å². The maximum absolute atomic E-state index is 12.9. The molecule has 406 valence electrons. The average Bonchev–Trinajstić information content (AvgIpc) is 3.36. The summed E-state index contributed by atoms with van der Waals surface area (Å²) in [6, 6.07) is 0. The van der Waals surface area contributed by atoms with Crippen molar-refractivity contribution in [1.29, 1.82) is 0 Å². The van der Waals surface area contributed by atoms with E-state index in [2.05, 4.69) is 81.5 Å². The molecular formula is C64H114O6. The quantitative estimate of drug-likeness (QED) is 0.0199. The molecule has 0 heterocycles. The Hall–Kier alpha value is -2.89. The lowest BCUT2D eigenvalue weighted by Gasteiger charge is -2.18. The van der Waals surface area contributed by atoms with Crippen LogP contribution in [0.25, 0.3) is 0 Å². The molecule has 0 spiro atoms. The van der Waals surface area contributed by atoms with Crippen molar-refractivity contribution in [3.63, 3.8) is 0 Å². The van der Waals surface area contributed by atoms with Crippen molar-refractivity contribution in [2.24, 2.45) is 0 Å². The van der Waals surface area contributed by atoms with Crippen LogP contribution < -0.4 is 0 Å². The van der Waals surface area contributed by atoms with Crippen LogP contribution in [-0.2, 0) is 28.6 Å². The lowest BCUT2D eigenvalue weighted by Crippen LogP contribution is -2.30. The zero-order valence-corrected chi connectivity index (χ0v) is 46.5. The second-order valence-corrected chi connectivity index (χ2v) is 20.4. The molecule has 6 nitrogen and oxygen atoms in total. The molecular weight excluding hydrogens is 865 g/mol. The summed E-state index contributed by atoms with van der Waals surface area (Å²) in [5, 5.41) is 0. The second kappa shape index (κ2) is 58.7. The maximum atomic E-state index is 12.9. The van der Waals surface area contributed by atoms with Crippen LogP contribution in [0.1, 0.15) is 310 Å². The number of carbonyl (C=O) groups is 3. The first kappa shape index (κ1) is 67.1. The van der Waals surface area contributed by atoms with Crippen molar-refractivity contribution in [3.05, 3.63) is 60.8 Å². The Labute approximate surface area is 434 Å². The zero-order chi connectivity index (χ0) is 50.7. The van der Waals surface area contributed by atoms with E-state index >= 15 is 0 Å². The molecule has 0 fully saturated rings. The fourth-order valence-electron chi connectivity index (χ4n) is 8.75. The van der Waals surface area contributed by atoms with Crippen LogP contribution >= 0.6 is 0 Å². The molecule has 70 heavy (non-hydrogen) atoms. The molecule has 0 amide bonds. The van der Waals surface area contributed by atoms with E-state index < -0.39 is 6.10 Å². The monoisotopic (exact) mass is 979 g/mol. The molecule has 0 rings (SSSR count). The predicted molar refractivity (Wildman–Crippen MR) is 302 cm³/mol. The number of rotatable bonds is 55. The van der Waals surface area contributed by atoms with Crippen molar-refractivity contribution >= 4 is 17.9 Å². The Morgan fingerprint density at radius 1 is 0.286 bits per heavy atom. The van der Waals surface area contributed by atoms with Crippen LogP contribution in [0.15, 0.2) is 60.8 Å². The Morgan fingerprint density at radius 3 is 0.871 bits per heavy atom.